The molecule has 6 heteroatoms. The number of rotatable bonds is 8. The maximum Gasteiger partial charge on any atom is 0.339 e. The lowest BCUT2D eigenvalue weighted by Crippen LogP contribution is -2.35. The maximum atomic E-state index is 11.4. The number of para-hydroxylation sites is 1. The molecular weight excluding hydrogens is 436 g/mol. The number of benzene rings is 3. The molecule has 3 aromatic rings. The van der Waals surface area contributed by atoms with Crippen LogP contribution in [0, 0.1) is 0 Å². The first kappa shape index (κ1) is 23.3. The molecule has 1 heterocycles. The van der Waals surface area contributed by atoms with E-state index in [9.17, 15) is 9.90 Å². The topological polar surface area (TPSA) is 53.0 Å². The van der Waals surface area contributed by atoms with Crippen molar-refractivity contribution in [2.45, 2.75) is 12.5 Å². The van der Waals surface area contributed by atoms with Crippen LogP contribution in [-0.2, 0) is 0 Å². The number of carboxylic acids is 1. The Bertz CT molecular complexity index is 1040. The van der Waals surface area contributed by atoms with E-state index < -0.39 is 5.97 Å². The summed E-state index contributed by atoms with van der Waals surface area (Å²) in [5.74, 6) is -0.543. The van der Waals surface area contributed by atoms with E-state index in [1.54, 1.807) is 24.3 Å². The highest BCUT2D eigenvalue weighted by Crippen LogP contribution is 2.30. The van der Waals surface area contributed by atoms with E-state index in [1.807, 2.05) is 12.1 Å². The Balaban J connectivity index is 1.40. The number of aromatic carboxylic acids is 1. The van der Waals surface area contributed by atoms with Gasteiger partial charge in [0.25, 0.3) is 0 Å². The first-order valence-electron chi connectivity index (χ1n) is 11.3. The zero-order valence-corrected chi connectivity index (χ0v) is 19.3. The van der Waals surface area contributed by atoms with Crippen LogP contribution in [0.1, 0.15) is 33.9 Å². The van der Waals surface area contributed by atoms with Gasteiger partial charge in [-0.1, -0.05) is 66.2 Å². The summed E-state index contributed by atoms with van der Waals surface area (Å²) in [5, 5.41) is 10.1. The van der Waals surface area contributed by atoms with Crippen LogP contribution in [0.3, 0.4) is 0 Å². The first-order valence-corrected chi connectivity index (χ1v) is 11.7. The number of hydrogen-bond donors (Lipinski definition) is 1. The maximum absolute atomic E-state index is 11.4. The van der Waals surface area contributed by atoms with Crippen molar-refractivity contribution in [1.82, 2.24) is 9.80 Å². The van der Waals surface area contributed by atoms with Gasteiger partial charge in [0.15, 0.2) is 0 Å². The average molecular weight is 465 g/mol. The summed E-state index contributed by atoms with van der Waals surface area (Å²) in [6.45, 7) is 5.08. The molecule has 1 atom stereocenters. The van der Waals surface area contributed by atoms with Crippen LogP contribution in [-0.4, -0.2) is 60.2 Å². The largest absolute Gasteiger partial charge is 0.491 e. The average Bonchev–Trinajstić information content (AvgIpc) is 3.07. The zero-order chi connectivity index (χ0) is 23.0. The molecule has 1 unspecified atom stereocenters. The van der Waals surface area contributed by atoms with E-state index in [-0.39, 0.29) is 11.6 Å². The van der Waals surface area contributed by atoms with E-state index in [4.69, 9.17) is 16.3 Å². The Hall–Kier alpha value is -2.86. The molecule has 0 aromatic heterocycles. The van der Waals surface area contributed by atoms with Crippen molar-refractivity contribution in [1.29, 1.82) is 0 Å². The Morgan fingerprint density at radius 3 is 2.33 bits per heavy atom. The third-order valence-electron chi connectivity index (χ3n) is 6.07. The molecule has 5 nitrogen and oxygen atoms in total. The van der Waals surface area contributed by atoms with Gasteiger partial charge in [-0.2, -0.15) is 0 Å². The molecule has 1 N–H and O–H groups in total. The van der Waals surface area contributed by atoms with E-state index >= 15 is 0 Å². The van der Waals surface area contributed by atoms with Gasteiger partial charge in [0.1, 0.15) is 17.9 Å². The predicted molar refractivity (Wildman–Crippen MR) is 131 cm³/mol. The predicted octanol–water partition coefficient (Wildman–Crippen LogP) is 5.21. The van der Waals surface area contributed by atoms with Crippen LogP contribution < -0.4 is 4.74 Å². The molecule has 0 bridgehead atoms. The molecule has 1 fully saturated rings. The fourth-order valence-corrected chi connectivity index (χ4v) is 4.55. The van der Waals surface area contributed by atoms with Gasteiger partial charge in [-0.25, -0.2) is 4.79 Å². The molecule has 172 valence electrons. The lowest BCUT2D eigenvalue weighted by Gasteiger charge is -2.31. The summed E-state index contributed by atoms with van der Waals surface area (Å²) in [4.78, 5) is 16.3. The van der Waals surface area contributed by atoms with Crippen LogP contribution in [0.25, 0.3) is 0 Å². The van der Waals surface area contributed by atoms with Crippen molar-refractivity contribution in [2.75, 3.05) is 39.3 Å². The lowest BCUT2D eigenvalue weighted by atomic mass is 9.97. The van der Waals surface area contributed by atoms with Crippen molar-refractivity contribution in [2.24, 2.45) is 0 Å². The quantitative estimate of drug-likeness (QED) is 0.495. The molecule has 0 radical (unpaired) electrons. The van der Waals surface area contributed by atoms with Gasteiger partial charge in [-0.15, -0.1) is 0 Å². The van der Waals surface area contributed by atoms with Crippen molar-refractivity contribution < 1.29 is 14.6 Å². The summed E-state index contributed by atoms with van der Waals surface area (Å²) in [6, 6.07) is 25.8. The molecule has 1 aliphatic rings. The second kappa shape index (κ2) is 11.3. The molecule has 1 saturated heterocycles. The van der Waals surface area contributed by atoms with Crippen LogP contribution in [0.5, 0.6) is 5.75 Å². The van der Waals surface area contributed by atoms with E-state index in [1.165, 1.54) is 11.1 Å². The standard InChI is InChI=1S/C27H29ClN2O3/c28-23-13-11-22(12-14-23)26(21-7-2-1-3-8-21)30-16-6-15-29(17-18-30)19-20-33-25-10-5-4-9-24(25)27(31)32/h1-5,7-14,26H,6,15-20H2,(H,31,32). The van der Waals surface area contributed by atoms with Gasteiger partial charge in [0, 0.05) is 31.2 Å². The summed E-state index contributed by atoms with van der Waals surface area (Å²) < 4.78 is 5.82. The van der Waals surface area contributed by atoms with Crippen LogP contribution >= 0.6 is 11.6 Å². The number of carbonyl (C=O) groups is 1. The molecule has 33 heavy (non-hydrogen) atoms. The SMILES string of the molecule is O=C(O)c1ccccc1OCCN1CCCN(C(c2ccccc2)c2ccc(Cl)cc2)CC1. The second-order valence-corrected chi connectivity index (χ2v) is 8.68. The van der Waals surface area contributed by atoms with E-state index in [2.05, 4.69) is 52.3 Å². The summed E-state index contributed by atoms with van der Waals surface area (Å²) in [6.07, 6.45) is 1.06. The highest BCUT2D eigenvalue weighted by atomic mass is 35.5. The first-order chi connectivity index (χ1) is 16.1. The molecule has 3 aromatic carbocycles. The van der Waals surface area contributed by atoms with Gasteiger partial charge < -0.3 is 9.84 Å². The van der Waals surface area contributed by atoms with Crippen molar-refractivity contribution in [3.05, 3.63) is 101 Å². The minimum atomic E-state index is -0.967. The minimum absolute atomic E-state index is 0.183. The number of nitrogens with zero attached hydrogens (tertiary/aromatic N) is 2. The molecule has 0 spiro atoms. The van der Waals surface area contributed by atoms with Gasteiger partial charge in [0.05, 0.1) is 6.04 Å². The Kier molecular flexibility index (Phi) is 8.00. The van der Waals surface area contributed by atoms with Gasteiger partial charge in [0.2, 0.25) is 0 Å². The normalized spacial score (nSPS) is 16.2. The highest BCUT2D eigenvalue weighted by Gasteiger charge is 2.25. The van der Waals surface area contributed by atoms with Gasteiger partial charge in [-0.3, -0.25) is 9.80 Å². The Morgan fingerprint density at radius 2 is 1.58 bits per heavy atom. The number of halogens is 1. The number of carboxylic acid groups (broad SMARTS) is 1. The molecule has 1 aliphatic heterocycles. The minimum Gasteiger partial charge on any atom is -0.491 e. The Morgan fingerprint density at radius 1 is 0.879 bits per heavy atom. The molecule has 4 rings (SSSR count). The fourth-order valence-electron chi connectivity index (χ4n) is 4.42. The van der Waals surface area contributed by atoms with Crippen molar-refractivity contribution >= 4 is 17.6 Å². The fraction of sp³-hybridized carbons (Fsp3) is 0.296. The molecule has 0 saturated carbocycles. The third kappa shape index (κ3) is 6.14. The third-order valence-corrected chi connectivity index (χ3v) is 6.32. The van der Waals surface area contributed by atoms with Crippen LogP contribution in [0.15, 0.2) is 78.9 Å². The van der Waals surface area contributed by atoms with Crippen molar-refractivity contribution in [3.8, 4) is 5.75 Å². The summed E-state index contributed by atoms with van der Waals surface area (Å²) in [5.41, 5.74) is 2.72. The van der Waals surface area contributed by atoms with E-state index in [0.29, 0.717) is 12.4 Å². The summed E-state index contributed by atoms with van der Waals surface area (Å²) in [7, 11) is 0. The smallest absolute Gasteiger partial charge is 0.339 e. The second-order valence-electron chi connectivity index (χ2n) is 8.25. The zero-order valence-electron chi connectivity index (χ0n) is 18.6. The number of ether oxygens (including phenoxy) is 1. The highest BCUT2D eigenvalue weighted by molar-refractivity contribution is 6.30. The monoisotopic (exact) mass is 464 g/mol. The summed E-state index contributed by atoms with van der Waals surface area (Å²) >= 11 is 6.15. The van der Waals surface area contributed by atoms with Gasteiger partial charge >= 0.3 is 5.97 Å². The van der Waals surface area contributed by atoms with Gasteiger partial charge in [-0.05, 0) is 48.4 Å². The van der Waals surface area contributed by atoms with Crippen LogP contribution in [0.4, 0.5) is 0 Å². The van der Waals surface area contributed by atoms with E-state index in [0.717, 1.165) is 44.2 Å². The Labute approximate surface area is 200 Å². The number of hydrogen-bond acceptors (Lipinski definition) is 4. The lowest BCUT2D eigenvalue weighted by molar-refractivity contribution is 0.0691. The molecular formula is C27H29ClN2O3. The van der Waals surface area contributed by atoms with Crippen LogP contribution in [0.2, 0.25) is 5.02 Å². The van der Waals surface area contributed by atoms with Crippen molar-refractivity contribution in [3.63, 3.8) is 0 Å². The molecule has 0 amide bonds. The molecule has 0 aliphatic carbocycles.